The first-order valence-corrected chi connectivity index (χ1v) is 10.9. The Morgan fingerprint density at radius 2 is 1.85 bits per heavy atom. The van der Waals surface area contributed by atoms with E-state index in [4.69, 9.17) is 0 Å². The highest BCUT2D eigenvalue weighted by Crippen LogP contribution is 2.32. The van der Waals surface area contributed by atoms with Crippen molar-refractivity contribution in [3.8, 4) is 0 Å². The Morgan fingerprint density at radius 3 is 2.58 bits per heavy atom. The summed E-state index contributed by atoms with van der Waals surface area (Å²) in [6.45, 7) is 7.53. The van der Waals surface area contributed by atoms with Crippen LogP contribution >= 0.6 is 0 Å². The van der Waals surface area contributed by atoms with Gasteiger partial charge in [-0.05, 0) is 27.0 Å². The van der Waals surface area contributed by atoms with Gasteiger partial charge in [0.15, 0.2) is 11.5 Å². The molecule has 0 radical (unpaired) electrons. The van der Waals surface area contributed by atoms with Crippen LogP contribution in [0.2, 0.25) is 0 Å². The number of fused-ring (bicyclic) bond motifs is 2. The van der Waals surface area contributed by atoms with E-state index in [-0.39, 0.29) is 16.9 Å². The fourth-order valence-corrected chi connectivity index (χ4v) is 4.30. The number of carbonyl (C=O) groups excluding carboxylic acids is 1. The van der Waals surface area contributed by atoms with E-state index in [1.54, 1.807) is 24.0 Å². The first-order valence-electron chi connectivity index (χ1n) is 10.9. The zero-order chi connectivity index (χ0) is 23.3. The second kappa shape index (κ2) is 8.11. The molecule has 172 valence electrons. The van der Waals surface area contributed by atoms with Crippen LogP contribution in [-0.4, -0.2) is 63.2 Å². The number of aryl methyl sites for hydroxylation is 2. The van der Waals surface area contributed by atoms with E-state index in [9.17, 15) is 9.18 Å². The van der Waals surface area contributed by atoms with Crippen molar-refractivity contribution >= 4 is 33.8 Å². The van der Waals surface area contributed by atoms with Gasteiger partial charge in [0.1, 0.15) is 16.9 Å². The van der Waals surface area contributed by atoms with E-state index in [0.29, 0.717) is 17.8 Å². The number of hydrogen-bond acceptors (Lipinski definition) is 5. The van der Waals surface area contributed by atoms with Gasteiger partial charge < -0.3 is 19.5 Å². The monoisotopic (exact) mass is 453 g/mol. The fraction of sp³-hybridized carbons (Fsp3) is 0.348. The first kappa shape index (κ1) is 21.3. The Balaban J connectivity index is 1.55. The molecule has 8 nitrogen and oxygen atoms in total. The highest BCUT2D eigenvalue weighted by atomic mass is 19.1. The lowest BCUT2D eigenvalue weighted by atomic mass is 10.1. The molecule has 1 aliphatic rings. The molecule has 4 heterocycles. The molecule has 5 rings (SSSR count). The molecule has 1 N–H and O–H groups in total. The van der Waals surface area contributed by atoms with Crippen LogP contribution in [0.15, 0.2) is 30.7 Å². The number of nitrogens with zero attached hydrogens (tertiary/aromatic N) is 6. The SMILES string of the molecule is CCn1cc2c(N3CCN(C)CC3)cc(F)c(C(=O)Nc3cc(F)c4nc(C)cn4c3)c2n1. The largest absolute Gasteiger partial charge is 0.368 e. The van der Waals surface area contributed by atoms with Gasteiger partial charge in [0.2, 0.25) is 0 Å². The van der Waals surface area contributed by atoms with Crippen molar-refractivity contribution < 1.29 is 13.6 Å². The van der Waals surface area contributed by atoms with Crippen molar-refractivity contribution in [3.05, 3.63) is 53.6 Å². The molecule has 3 aromatic heterocycles. The third-order valence-electron chi connectivity index (χ3n) is 6.06. The maximum Gasteiger partial charge on any atom is 0.260 e. The summed E-state index contributed by atoms with van der Waals surface area (Å²) in [5.74, 6) is -1.91. The number of piperazine rings is 1. The Labute approximate surface area is 189 Å². The lowest BCUT2D eigenvalue weighted by molar-refractivity contribution is 0.102. The number of rotatable bonds is 4. The number of imidazole rings is 1. The fourth-order valence-electron chi connectivity index (χ4n) is 4.30. The van der Waals surface area contributed by atoms with Crippen molar-refractivity contribution in [3.63, 3.8) is 0 Å². The number of halogens is 2. The summed E-state index contributed by atoms with van der Waals surface area (Å²) in [5, 5.41) is 7.84. The Hall–Kier alpha value is -3.53. The van der Waals surface area contributed by atoms with Gasteiger partial charge >= 0.3 is 0 Å². The smallest absolute Gasteiger partial charge is 0.260 e. The number of hydrogen-bond donors (Lipinski definition) is 1. The van der Waals surface area contributed by atoms with E-state index < -0.39 is 17.5 Å². The third kappa shape index (κ3) is 3.80. The van der Waals surface area contributed by atoms with Crippen LogP contribution in [0, 0.1) is 18.6 Å². The van der Waals surface area contributed by atoms with Crippen LogP contribution in [0.25, 0.3) is 16.6 Å². The zero-order valence-corrected chi connectivity index (χ0v) is 18.8. The summed E-state index contributed by atoms with van der Waals surface area (Å²) in [4.78, 5) is 21.6. The Kier molecular flexibility index (Phi) is 5.24. The zero-order valence-electron chi connectivity index (χ0n) is 18.8. The number of aromatic nitrogens is 4. The molecule has 0 atom stereocenters. The van der Waals surface area contributed by atoms with Crippen molar-refractivity contribution in [1.82, 2.24) is 24.1 Å². The second-order valence-corrected chi connectivity index (χ2v) is 8.43. The second-order valence-electron chi connectivity index (χ2n) is 8.43. The molecule has 33 heavy (non-hydrogen) atoms. The predicted octanol–water partition coefficient (Wildman–Crippen LogP) is 3.29. The lowest BCUT2D eigenvalue weighted by Gasteiger charge is -2.34. The number of amides is 1. The summed E-state index contributed by atoms with van der Waals surface area (Å²) >= 11 is 0. The number of nitrogens with one attached hydrogen (secondary N) is 1. The van der Waals surface area contributed by atoms with E-state index in [0.717, 1.165) is 37.3 Å². The molecule has 10 heteroatoms. The molecule has 1 aromatic carbocycles. The molecular formula is C23H25F2N7O. The Morgan fingerprint density at radius 1 is 1.09 bits per heavy atom. The maximum absolute atomic E-state index is 15.4. The number of anilines is 2. The minimum Gasteiger partial charge on any atom is -0.368 e. The number of benzene rings is 1. The average molecular weight is 453 g/mol. The predicted molar refractivity (Wildman–Crippen MR) is 123 cm³/mol. The summed E-state index contributed by atoms with van der Waals surface area (Å²) in [7, 11) is 2.06. The molecule has 1 fully saturated rings. The van der Waals surface area contributed by atoms with E-state index in [2.05, 4.69) is 32.2 Å². The maximum atomic E-state index is 15.4. The highest BCUT2D eigenvalue weighted by Gasteiger charge is 2.25. The van der Waals surface area contributed by atoms with Gasteiger partial charge in [-0.1, -0.05) is 0 Å². The number of pyridine rings is 1. The van der Waals surface area contributed by atoms with Gasteiger partial charge in [0, 0.05) is 62.8 Å². The molecule has 1 amide bonds. The van der Waals surface area contributed by atoms with Gasteiger partial charge in [-0.15, -0.1) is 0 Å². The topological polar surface area (TPSA) is 70.7 Å². The molecule has 1 aliphatic heterocycles. The van der Waals surface area contributed by atoms with Crippen LogP contribution < -0.4 is 10.2 Å². The van der Waals surface area contributed by atoms with Crippen LogP contribution in [-0.2, 0) is 6.54 Å². The molecular weight excluding hydrogens is 428 g/mol. The van der Waals surface area contributed by atoms with E-state index in [1.807, 2.05) is 13.1 Å². The highest BCUT2D eigenvalue weighted by molar-refractivity contribution is 6.14. The van der Waals surface area contributed by atoms with Gasteiger partial charge in [0.25, 0.3) is 5.91 Å². The van der Waals surface area contributed by atoms with Crippen LogP contribution in [0.3, 0.4) is 0 Å². The summed E-state index contributed by atoms with van der Waals surface area (Å²) in [6.07, 6.45) is 5.05. The third-order valence-corrected chi connectivity index (χ3v) is 6.06. The van der Waals surface area contributed by atoms with Gasteiger partial charge in [-0.3, -0.25) is 9.48 Å². The van der Waals surface area contributed by atoms with Crippen molar-refractivity contribution in [2.45, 2.75) is 20.4 Å². The quantitative estimate of drug-likeness (QED) is 0.514. The molecule has 0 saturated carbocycles. The number of carbonyl (C=O) groups is 1. The molecule has 0 unspecified atom stereocenters. The summed E-state index contributed by atoms with van der Waals surface area (Å²) < 4.78 is 33.0. The standard InChI is InChI=1S/C23H25F2N7O/c1-4-32-13-16-19(30-7-5-29(3)6-8-30)10-17(24)20(21(16)28-32)23(33)27-15-9-18(25)22-26-14(2)11-31(22)12-15/h9-13H,4-8H2,1-3H3,(H,27,33). The van der Waals surface area contributed by atoms with Crippen molar-refractivity contribution in [2.75, 3.05) is 43.4 Å². The van der Waals surface area contributed by atoms with E-state index >= 15 is 4.39 Å². The van der Waals surface area contributed by atoms with E-state index in [1.165, 1.54) is 16.5 Å². The normalized spacial score (nSPS) is 15.0. The minimum atomic E-state index is -0.681. The molecule has 0 spiro atoms. The molecule has 0 bridgehead atoms. The lowest BCUT2D eigenvalue weighted by Crippen LogP contribution is -2.44. The van der Waals surface area contributed by atoms with Gasteiger partial charge in [-0.2, -0.15) is 5.10 Å². The molecule has 1 saturated heterocycles. The molecule has 0 aliphatic carbocycles. The summed E-state index contributed by atoms with van der Waals surface area (Å²) in [6, 6.07) is 2.59. The summed E-state index contributed by atoms with van der Waals surface area (Å²) in [5.41, 5.74) is 1.88. The average Bonchev–Trinajstić information content (AvgIpc) is 3.37. The van der Waals surface area contributed by atoms with Gasteiger partial charge in [0.05, 0.1) is 17.1 Å². The Bertz CT molecular complexity index is 1370. The van der Waals surface area contributed by atoms with Crippen LogP contribution in [0.5, 0.6) is 0 Å². The van der Waals surface area contributed by atoms with Gasteiger partial charge in [-0.25, -0.2) is 13.8 Å². The number of likely N-dealkylation sites (N-methyl/N-ethyl adjacent to an activating group) is 1. The van der Waals surface area contributed by atoms with Crippen LogP contribution in [0.1, 0.15) is 23.0 Å². The minimum absolute atomic E-state index is 0.155. The van der Waals surface area contributed by atoms with Crippen molar-refractivity contribution in [2.24, 2.45) is 0 Å². The van der Waals surface area contributed by atoms with Crippen LogP contribution in [0.4, 0.5) is 20.2 Å². The van der Waals surface area contributed by atoms with Crippen molar-refractivity contribution in [1.29, 1.82) is 0 Å². The molecule has 4 aromatic rings. The first-order chi connectivity index (χ1) is 15.8.